The summed E-state index contributed by atoms with van der Waals surface area (Å²) in [5.74, 6) is -0.658. The van der Waals surface area contributed by atoms with Crippen LogP contribution in [0.4, 0.5) is 8.78 Å². The number of benzene rings is 4. The van der Waals surface area contributed by atoms with E-state index in [2.05, 4.69) is 44.0 Å². The monoisotopic (exact) mass is 853 g/mol. The molecule has 50 heavy (non-hydrogen) atoms. The van der Waals surface area contributed by atoms with Gasteiger partial charge in [0, 0.05) is 49.9 Å². The molecule has 265 valence electrons. The molecule has 1 aromatic heterocycles. The Bertz CT molecular complexity index is 1880. The van der Waals surface area contributed by atoms with E-state index >= 15 is 8.78 Å². The van der Waals surface area contributed by atoms with Crippen LogP contribution >= 0.6 is 0 Å². The molecule has 0 fully saturated rings. The van der Waals surface area contributed by atoms with Crippen molar-refractivity contribution in [2.24, 2.45) is 11.8 Å². The summed E-state index contributed by atoms with van der Waals surface area (Å²) in [7, 11) is 0. The smallest absolute Gasteiger partial charge is 0.162 e. The Balaban J connectivity index is 0.000000361. The normalized spacial score (nSPS) is 11.7. The van der Waals surface area contributed by atoms with Gasteiger partial charge in [0.05, 0.1) is 11.3 Å². The zero-order chi connectivity index (χ0) is 35.7. The molecule has 1 heterocycles. The molecule has 0 spiro atoms. The number of hydrogen-bond acceptors (Lipinski definition) is 3. The van der Waals surface area contributed by atoms with Crippen molar-refractivity contribution in [1.82, 2.24) is 4.98 Å². The number of aliphatic hydroxyl groups is 1. The summed E-state index contributed by atoms with van der Waals surface area (Å²) in [6.45, 7) is 14.6. The van der Waals surface area contributed by atoms with Crippen LogP contribution in [-0.2, 0) is 30.3 Å². The maximum atomic E-state index is 15.2. The van der Waals surface area contributed by atoms with Crippen molar-refractivity contribution >= 4 is 16.6 Å². The van der Waals surface area contributed by atoms with Gasteiger partial charge in [-0.25, -0.2) is 8.78 Å². The third-order valence-corrected chi connectivity index (χ3v) is 9.14. The van der Waals surface area contributed by atoms with Crippen LogP contribution in [0.3, 0.4) is 0 Å². The van der Waals surface area contributed by atoms with Crippen molar-refractivity contribution in [3.8, 4) is 33.5 Å². The Morgan fingerprint density at radius 3 is 1.94 bits per heavy atom. The number of pyridine rings is 1. The second-order valence-electron chi connectivity index (χ2n) is 13.5. The van der Waals surface area contributed by atoms with Crippen LogP contribution in [0.25, 0.3) is 44.3 Å². The summed E-state index contributed by atoms with van der Waals surface area (Å²) >= 11 is 0. The van der Waals surface area contributed by atoms with Crippen LogP contribution in [-0.4, -0.2) is 15.9 Å². The molecule has 0 aliphatic rings. The van der Waals surface area contributed by atoms with Gasteiger partial charge in [0.1, 0.15) is 11.6 Å². The number of aromatic nitrogens is 1. The molecule has 0 saturated carbocycles. The molecule has 0 amide bonds. The van der Waals surface area contributed by atoms with Gasteiger partial charge in [0.25, 0.3) is 0 Å². The largest absolute Gasteiger partial charge is 0.512 e. The maximum absolute atomic E-state index is 15.2. The van der Waals surface area contributed by atoms with Crippen LogP contribution in [0.1, 0.15) is 79.7 Å². The predicted octanol–water partition coefficient (Wildman–Crippen LogP) is 12.5. The minimum Gasteiger partial charge on any atom is -0.512 e. The Labute approximate surface area is 310 Å². The molecule has 5 rings (SSSR count). The first kappa shape index (κ1) is 40.4. The van der Waals surface area contributed by atoms with Gasteiger partial charge in [-0.3, -0.25) is 9.78 Å². The molecule has 0 aliphatic carbocycles. The number of allylic oxidation sites excluding steroid dienone is 2. The minimum atomic E-state index is -0.603. The molecule has 6 heteroatoms. The van der Waals surface area contributed by atoms with Gasteiger partial charge in [0.2, 0.25) is 0 Å². The van der Waals surface area contributed by atoms with Crippen molar-refractivity contribution in [1.29, 1.82) is 0 Å². The summed E-state index contributed by atoms with van der Waals surface area (Å²) in [5.41, 5.74) is 4.17. The van der Waals surface area contributed by atoms with Gasteiger partial charge in [-0.15, -0.1) is 29.1 Å². The number of nitrogens with zero attached hydrogens (tertiary/aromatic N) is 1. The zero-order valence-corrected chi connectivity index (χ0v) is 32.5. The van der Waals surface area contributed by atoms with Gasteiger partial charge in [0.15, 0.2) is 5.78 Å². The van der Waals surface area contributed by atoms with E-state index in [9.17, 15) is 9.90 Å². The summed E-state index contributed by atoms with van der Waals surface area (Å²) < 4.78 is 30.4. The Morgan fingerprint density at radius 1 is 0.780 bits per heavy atom. The molecule has 0 atom stereocenters. The standard InChI is InChI=1S/C31H24F2N.C13H24O2.Ir/c1-31(2,3)26-16-24(15-21-11-7-8-12-25(21)26)29-19-22(13-14-34-29)30-27(32)17-23(18-28(30)33)20-9-5-4-6-10-20;1-5-10(6-2)12(14)9-13(15)11(7-3)8-4;/h4-14,16-19H,1-3H3;9-11,14H,5-8H2,1-4H3;/q-1;;/b;12-9-;. The molecule has 0 unspecified atom stereocenters. The molecule has 1 N–H and O–H groups in total. The van der Waals surface area contributed by atoms with E-state index in [0.717, 1.165) is 47.6 Å². The fourth-order valence-electron chi connectivity index (χ4n) is 6.15. The number of fused-ring (bicyclic) bond motifs is 1. The second-order valence-corrected chi connectivity index (χ2v) is 13.5. The quantitative estimate of drug-likeness (QED) is 0.0865. The number of carbonyl (C=O) groups excluding carboxylic acids is 1. The molecular formula is C44H48F2IrNO2-. The molecule has 0 bridgehead atoms. The van der Waals surface area contributed by atoms with Gasteiger partial charge < -0.3 is 5.11 Å². The average molecular weight is 853 g/mol. The van der Waals surface area contributed by atoms with Crippen molar-refractivity contribution in [2.45, 2.75) is 79.6 Å². The van der Waals surface area contributed by atoms with E-state index in [1.54, 1.807) is 18.3 Å². The zero-order valence-electron chi connectivity index (χ0n) is 30.1. The Morgan fingerprint density at radius 2 is 1.36 bits per heavy atom. The van der Waals surface area contributed by atoms with Crippen LogP contribution in [0, 0.1) is 29.5 Å². The van der Waals surface area contributed by atoms with Gasteiger partial charge >= 0.3 is 0 Å². The van der Waals surface area contributed by atoms with Crippen LogP contribution in [0.5, 0.6) is 0 Å². The summed E-state index contributed by atoms with van der Waals surface area (Å²) in [4.78, 5) is 16.2. The van der Waals surface area contributed by atoms with E-state index in [1.807, 2.05) is 76.2 Å². The van der Waals surface area contributed by atoms with E-state index < -0.39 is 11.6 Å². The predicted molar refractivity (Wildman–Crippen MR) is 199 cm³/mol. The second kappa shape index (κ2) is 18.3. The van der Waals surface area contributed by atoms with Crippen LogP contribution in [0.15, 0.2) is 103 Å². The topological polar surface area (TPSA) is 50.2 Å². The fraction of sp³-hybridized carbons (Fsp3) is 0.318. The van der Waals surface area contributed by atoms with Gasteiger partial charge in [-0.05, 0) is 66.0 Å². The Kier molecular flexibility index (Phi) is 14.8. The molecule has 3 nitrogen and oxygen atoms in total. The average Bonchev–Trinajstić information content (AvgIpc) is 3.09. The molecule has 1 radical (unpaired) electrons. The number of rotatable bonds is 10. The molecule has 5 aromatic rings. The van der Waals surface area contributed by atoms with E-state index in [1.165, 1.54) is 23.8 Å². The van der Waals surface area contributed by atoms with Crippen molar-refractivity contribution in [2.75, 3.05) is 0 Å². The Hall–Kier alpha value is -3.99. The SMILES string of the molecule is CC(C)(C)c1cc(-c2cc(-c3c(F)cc(-c4ccccc4)cc3F)ccn2)[c-]c2ccccc12.CCC(CC)C(=O)/C=C(\O)C(CC)CC.[Ir]. The number of aliphatic hydroxyl groups excluding tert-OH is 1. The summed E-state index contributed by atoms with van der Waals surface area (Å²) in [6.07, 6.45) is 6.50. The summed E-state index contributed by atoms with van der Waals surface area (Å²) in [6, 6.07) is 29.0. The van der Waals surface area contributed by atoms with Crippen molar-refractivity contribution in [3.05, 3.63) is 126 Å². The van der Waals surface area contributed by atoms with E-state index in [-0.39, 0.29) is 54.5 Å². The van der Waals surface area contributed by atoms with E-state index in [4.69, 9.17) is 0 Å². The number of ketones is 1. The number of carbonyl (C=O) groups is 1. The third-order valence-electron chi connectivity index (χ3n) is 9.14. The van der Waals surface area contributed by atoms with Crippen LogP contribution < -0.4 is 0 Å². The van der Waals surface area contributed by atoms with Crippen molar-refractivity contribution < 1.29 is 38.8 Å². The molecular weight excluding hydrogens is 805 g/mol. The summed E-state index contributed by atoms with van der Waals surface area (Å²) in [5, 5.41) is 11.9. The molecule has 0 aliphatic heterocycles. The van der Waals surface area contributed by atoms with Crippen LogP contribution in [0.2, 0.25) is 0 Å². The number of halogens is 2. The first-order valence-electron chi connectivity index (χ1n) is 17.3. The minimum absolute atomic E-state index is 0. The third kappa shape index (κ3) is 9.83. The fourth-order valence-corrected chi connectivity index (χ4v) is 6.15. The first-order chi connectivity index (χ1) is 23.4. The number of hydrogen-bond donors (Lipinski definition) is 1. The van der Waals surface area contributed by atoms with Gasteiger partial charge in [-0.1, -0.05) is 114 Å². The van der Waals surface area contributed by atoms with Gasteiger partial charge in [-0.2, -0.15) is 0 Å². The molecule has 0 saturated heterocycles. The van der Waals surface area contributed by atoms with E-state index in [0.29, 0.717) is 16.8 Å². The maximum Gasteiger partial charge on any atom is 0.162 e. The molecule has 4 aromatic carbocycles. The van der Waals surface area contributed by atoms with Crippen molar-refractivity contribution in [3.63, 3.8) is 0 Å². The first-order valence-corrected chi connectivity index (χ1v) is 17.3.